The second kappa shape index (κ2) is 4.98. The number of pyridine rings is 1. The van der Waals surface area contributed by atoms with Gasteiger partial charge in [-0.25, -0.2) is 4.98 Å². The van der Waals surface area contributed by atoms with Crippen molar-refractivity contribution in [1.82, 2.24) is 4.98 Å². The molecule has 1 aromatic rings. The van der Waals surface area contributed by atoms with Gasteiger partial charge in [-0.15, -0.1) is 0 Å². The molecule has 0 bridgehead atoms. The van der Waals surface area contributed by atoms with Gasteiger partial charge in [0, 0.05) is 18.3 Å². The molecule has 0 aliphatic heterocycles. The summed E-state index contributed by atoms with van der Waals surface area (Å²) in [4.78, 5) is 14.4. The molecule has 0 aromatic carbocycles. The van der Waals surface area contributed by atoms with E-state index in [1.807, 2.05) is 0 Å². The Morgan fingerprint density at radius 2 is 2.39 bits per heavy atom. The fraction of sp³-hybridized carbons (Fsp3) is 0.455. The third-order valence-corrected chi connectivity index (χ3v) is 3.12. The lowest BCUT2D eigenvalue weighted by atomic mass is 10.1. The number of nitrogens with two attached hydrogens (primary N) is 1. The third kappa shape index (κ3) is 2.24. The minimum Gasteiger partial charge on any atom is -0.360 e. The quantitative estimate of drug-likeness (QED) is 0.611. The van der Waals surface area contributed by atoms with Crippen LogP contribution in [-0.2, 0) is 0 Å². The fourth-order valence-electron chi connectivity index (χ4n) is 2.18. The number of nitrogens with one attached hydrogen (secondary N) is 1. The van der Waals surface area contributed by atoms with E-state index in [0.29, 0.717) is 0 Å². The Labute approximate surface area is 104 Å². The SMILES string of the molecule is N#Cc1ccnc(NC2CCCC2N)c1[N+](=O)[O-]. The van der Waals surface area contributed by atoms with Gasteiger partial charge < -0.3 is 11.1 Å². The lowest BCUT2D eigenvalue weighted by Crippen LogP contribution is -2.35. The predicted octanol–water partition coefficient (Wildman–Crippen LogP) is 1.15. The maximum absolute atomic E-state index is 11.0. The predicted molar refractivity (Wildman–Crippen MR) is 64.8 cm³/mol. The number of nitrogens with zero attached hydrogens (tertiary/aromatic N) is 3. The molecule has 1 saturated carbocycles. The van der Waals surface area contributed by atoms with Crippen LogP contribution in [0.15, 0.2) is 12.3 Å². The summed E-state index contributed by atoms with van der Waals surface area (Å²) in [6, 6.07) is 3.08. The molecule has 1 aliphatic carbocycles. The fourth-order valence-corrected chi connectivity index (χ4v) is 2.18. The molecule has 2 atom stereocenters. The van der Waals surface area contributed by atoms with Crippen molar-refractivity contribution in [3.05, 3.63) is 27.9 Å². The van der Waals surface area contributed by atoms with Gasteiger partial charge in [0.2, 0.25) is 5.82 Å². The van der Waals surface area contributed by atoms with Gasteiger partial charge in [0.25, 0.3) is 0 Å². The number of rotatable bonds is 3. The van der Waals surface area contributed by atoms with Crippen LogP contribution < -0.4 is 11.1 Å². The van der Waals surface area contributed by atoms with Gasteiger partial charge >= 0.3 is 5.69 Å². The Hall–Kier alpha value is -2.20. The van der Waals surface area contributed by atoms with Crippen LogP contribution in [-0.4, -0.2) is 22.0 Å². The molecule has 2 rings (SSSR count). The number of nitriles is 1. The first-order valence-electron chi connectivity index (χ1n) is 5.69. The van der Waals surface area contributed by atoms with Crippen molar-refractivity contribution in [3.8, 4) is 6.07 Å². The lowest BCUT2D eigenvalue weighted by molar-refractivity contribution is -0.384. The van der Waals surface area contributed by atoms with Crippen LogP contribution in [0.3, 0.4) is 0 Å². The van der Waals surface area contributed by atoms with Crippen LogP contribution in [0.1, 0.15) is 24.8 Å². The van der Waals surface area contributed by atoms with E-state index in [4.69, 9.17) is 11.0 Å². The van der Waals surface area contributed by atoms with Crippen molar-refractivity contribution in [2.75, 3.05) is 5.32 Å². The van der Waals surface area contributed by atoms with Gasteiger partial charge in [-0.05, 0) is 25.3 Å². The molecule has 1 aliphatic rings. The van der Waals surface area contributed by atoms with Crippen LogP contribution in [0.4, 0.5) is 11.5 Å². The minimum absolute atomic E-state index is 0.00377. The summed E-state index contributed by atoms with van der Waals surface area (Å²) in [5.41, 5.74) is 5.62. The highest BCUT2D eigenvalue weighted by atomic mass is 16.6. The van der Waals surface area contributed by atoms with Crippen molar-refractivity contribution < 1.29 is 4.92 Å². The van der Waals surface area contributed by atoms with Crippen molar-refractivity contribution in [3.63, 3.8) is 0 Å². The molecule has 3 N–H and O–H groups in total. The molecule has 1 heterocycles. The Balaban J connectivity index is 2.33. The van der Waals surface area contributed by atoms with Gasteiger partial charge in [-0.2, -0.15) is 5.26 Å². The van der Waals surface area contributed by atoms with E-state index in [1.54, 1.807) is 6.07 Å². The van der Waals surface area contributed by atoms with Gasteiger partial charge in [-0.1, -0.05) is 0 Å². The molecule has 94 valence electrons. The summed E-state index contributed by atoms with van der Waals surface area (Å²) >= 11 is 0. The lowest BCUT2D eigenvalue weighted by Gasteiger charge is -2.17. The van der Waals surface area contributed by atoms with E-state index < -0.39 is 4.92 Å². The highest BCUT2D eigenvalue weighted by Gasteiger charge is 2.28. The molecule has 7 nitrogen and oxygen atoms in total. The van der Waals surface area contributed by atoms with Crippen LogP contribution in [0.25, 0.3) is 0 Å². The zero-order chi connectivity index (χ0) is 13.1. The van der Waals surface area contributed by atoms with Gasteiger partial charge in [-0.3, -0.25) is 10.1 Å². The van der Waals surface area contributed by atoms with Crippen LogP contribution in [0, 0.1) is 21.4 Å². The number of nitro groups is 1. The van der Waals surface area contributed by atoms with Gasteiger partial charge in [0.15, 0.2) is 0 Å². The van der Waals surface area contributed by atoms with Crippen LogP contribution in [0.5, 0.6) is 0 Å². The van der Waals surface area contributed by atoms with Crippen molar-refractivity contribution in [2.45, 2.75) is 31.3 Å². The Morgan fingerprint density at radius 3 is 2.94 bits per heavy atom. The van der Waals surface area contributed by atoms with Gasteiger partial charge in [0.05, 0.1) is 4.92 Å². The Morgan fingerprint density at radius 1 is 1.61 bits per heavy atom. The molecule has 18 heavy (non-hydrogen) atoms. The molecule has 0 spiro atoms. The van der Waals surface area contributed by atoms with E-state index >= 15 is 0 Å². The molecule has 0 radical (unpaired) electrons. The molecular weight excluding hydrogens is 234 g/mol. The highest BCUT2D eigenvalue weighted by Crippen LogP contribution is 2.29. The van der Waals surface area contributed by atoms with Crippen LogP contribution in [0.2, 0.25) is 0 Å². The molecule has 1 aromatic heterocycles. The summed E-state index contributed by atoms with van der Waals surface area (Å²) in [5.74, 6) is 0.126. The maximum Gasteiger partial charge on any atom is 0.328 e. The van der Waals surface area contributed by atoms with E-state index in [9.17, 15) is 10.1 Å². The topological polar surface area (TPSA) is 118 Å². The summed E-state index contributed by atoms with van der Waals surface area (Å²) in [5, 5.41) is 22.9. The van der Waals surface area contributed by atoms with Crippen molar-refractivity contribution in [2.24, 2.45) is 5.73 Å². The highest BCUT2D eigenvalue weighted by molar-refractivity contribution is 5.64. The molecule has 1 fully saturated rings. The van der Waals surface area contributed by atoms with E-state index in [1.165, 1.54) is 12.3 Å². The summed E-state index contributed by atoms with van der Waals surface area (Å²) in [6.45, 7) is 0. The first kappa shape index (κ1) is 12.3. The average molecular weight is 247 g/mol. The summed E-state index contributed by atoms with van der Waals surface area (Å²) in [7, 11) is 0. The van der Waals surface area contributed by atoms with Crippen molar-refractivity contribution >= 4 is 11.5 Å². The van der Waals surface area contributed by atoms with Crippen molar-refractivity contribution in [1.29, 1.82) is 5.26 Å². The number of hydrogen-bond acceptors (Lipinski definition) is 6. The van der Waals surface area contributed by atoms with E-state index in [-0.39, 0.29) is 29.2 Å². The second-order valence-corrected chi connectivity index (χ2v) is 4.27. The number of aromatic nitrogens is 1. The van der Waals surface area contributed by atoms with Gasteiger partial charge in [0.1, 0.15) is 11.6 Å². The molecule has 2 unspecified atom stereocenters. The standard InChI is InChI=1S/C11H13N5O2/c12-6-7-4-5-14-11(10(7)16(17)18)15-9-3-1-2-8(9)13/h4-5,8-9H,1-3,13H2,(H,14,15). The number of anilines is 1. The molecule has 7 heteroatoms. The molecular formula is C11H13N5O2. The normalized spacial score (nSPS) is 22.4. The minimum atomic E-state index is -0.589. The van der Waals surface area contributed by atoms with Crippen LogP contribution >= 0.6 is 0 Å². The van der Waals surface area contributed by atoms with E-state index in [2.05, 4.69) is 10.3 Å². The summed E-state index contributed by atoms with van der Waals surface area (Å²) < 4.78 is 0. The number of hydrogen-bond donors (Lipinski definition) is 2. The zero-order valence-electron chi connectivity index (χ0n) is 9.67. The summed E-state index contributed by atoms with van der Waals surface area (Å²) in [6.07, 6.45) is 4.12. The maximum atomic E-state index is 11.0. The average Bonchev–Trinajstić information content (AvgIpc) is 2.74. The first-order valence-corrected chi connectivity index (χ1v) is 5.69. The smallest absolute Gasteiger partial charge is 0.328 e. The zero-order valence-corrected chi connectivity index (χ0v) is 9.67. The molecule has 0 saturated heterocycles. The first-order chi connectivity index (χ1) is 8.63. The largest absolute Gasteiger partial charge is 0.360 e. The third-order valence-electron chi connectivity index (χ3n) is 3.12. The second-order valence-electron chi connectivity index (χ2n) is 4.27. The monoisotopic (exact) mass is 247 g/mol. The van der Waals surface area contributed by atoms with E-state index in [0.717, 1.165) is 19.3 Å². The Kier molecular flexibility index (Phi) is 3.39. The Bertz CT molecular complexity index is 511. The molecule has 0 amide bonds.